The summed E-state index contributed by atoms with van der Waals surface area (Å²) < 4.78 is 2.01. The Morgan fingerprint density at radius 1 is 0.359 bits per heavy atom. The molecule has 195 valence electrons. The molecule has 0 fully saturated rings. The predicted molar refractivity (Wildman–Crippen MR) is 164 cm³/mol. The Bertz CT molecular complexity index is 1370. The minimum atomic E-state index is 0. The molecule has 3 aromatic heterocycles. The normalized spacial score (nSPS) is 9.59. The molecule has 0 aliphatic carbocycles. The van der Waals surface area contributed by atoms with Crippen LogP contribution in [-0.2, 0) is 20.1 Å². The zero-order valence-electron chi connectivity index (χ0n) is 20.9. The molecule has 0 spiro atoms. The van der Waals surface area contributed by atoms with Crippen LogP contribution in [0.2, 0.25) is 0 Å². The van der Waals surface area contributed by atoms with Crippen LogP contribution in [0, 0.1) is 0 Å². The summed E-state index contributed by atoms with van der Waals surface area (Å²) in [6.45, 7) is 0. The Labute approximate surface area is 260 Å². The van der Waals surface area contributed by atoms with Crippen LogP contribution in [0.3, 0.4) is 0 Å². The van der Waals surface area contributed by atoms with E-state index < -0.39 is 0 Å². The minimum absolute atomic E-state index is 0. The van der Waals surface area contributed by atoms with Gasteiger partial charge in [-0.2, -0.15) is 0 Å². The molecule has 0 N–H and O–H groups in total. The zero-order valence-corrected chi connectivity index (χ0v) is 26.4. The van der Waals surface area contributed by atoms with Gasteiger partial charge in [0, 0.05) is 64.3 Å². The smallest absolute Gasteiger partial charge is 0.0702 e. The second kappa shape index (κ2) is 16.6. The van der Waals surface area contributed by atoms with Crippen molar-refractivity contribution in [3.8, 4) is 33.8 Å². The molecule has 0 saturated heterocycles. The SMILES string of the molecule is Brc1ccc(-c2ccccc2)nc1.Brc1ccc(-c2ccccc2)nc1.[Ir].c1ccc(-c2ccccn2)cc1. The Morgan fingerprint density at radius 3 is 1.03 bits per heavy atom. The molecule has 6 heteroatoms. The maximum Gasteiger partial charge on any atom is 0.0702 e. The maximum atomic E-state index is 4.30. The standard InChI is InChI=1S/2C11H8BrN.C11H9N.Ir/c2*12-10-6-7-11(13-8-10)9-4-2-1-3-5-9;1-2-6-10(7-3-1)11-8-4-5-9-12-11;/h2*1-8H;1-9H;. The summed E-state index contributed by atoms with van der Waals surface area (Å²) >= 11 is 6.71. The van der Waals surface area contributed by atoms with Crippen molar-refractivity contribution in [3.63, 3.8) is 0 Å². The van der Waals surface area contributed by atoms with Crippen LogP contribution in [-0.4, -0.2) is 15.0 Å². The summed E-state index contributed by atoms with van der Waals surface area (Å²) in [5.41, 5.74) is 6.49. The molecule has 0 saturated carbocycles. The third-order valence-corrected chi connectivity index (χ3v) is 6.27. The van der Waals surface area contributed by atoms with E-state index in [-0.39, 0.29) is 20.1 Å². The largest absolute Gasteiger partial charge is 0.256 e. The first kappa shape index (κ1) is 30.3. The van der Waals surface area contributed by atoms with Crippen molar-refractivity contribution in [2.45, 2.75) is 0 Å². The van der Waals surface area contributed by atoms with Gasteiger partial charge < -0.3 is 0 Å². The second-order valence-electron chi connectivity index (χ2n) is 8.04. The molecule has 0 aliphatic rings. The molecular formula is C33H25Br2IrN3. The quantitative estimate of drug-likeness (QED) is 0.179. The van der Waals surface area contributed by atoms with Gasteiger partial charge in [-0.1, -0.05) is 97.1 Å². The van der Waals surface area contributed by atoms with E-state index >= 15 is 0 Å². The van der Waals surface area contributed by atoms with Crippen molar-refractivity contribution >= 4 is 31.9 Å². The Balaban J connectivity index is 0.000000160. The topological polar surface area (TPSA) is 38.7 Å². The van der Waals surface area contributed by atoms with Crippen LogP contribution in [0.4, 0.5) is 0 Å². The van der Waals surface area contributed by atoms with Crippen LogP contribution in [0.1, 0.15) is 0 Å². The summed E-state index contributed by atoms with van der Waals surface area (Å²) in [4.78, 5) is 12.9. The van der Waals surface area contributed by atoms with Gasteiger partial charge in [-0.25, -0.2) is 0 Å². The van der Waals surface area contributed by atoms with Crippen molar-refractivity contribution in [1.29, 1.82) is 0 Å². The summed E-state index contributed by atoms with van der Waals surface area (Å²) in [7, 11) is 0. The van der Waals surface area contributed by atoms with Gasteiger partial charge in [0.15, 0.2) is 0 Å². The van der Waals surface area contributed by atoms with Crippen molar-refractivity contribution in [2.24, 2.45) is 0 Å². The number of hydrogen-bond donors (Lipinski definition) is 0. The molecule has 0 atom stereocenters. The molecule has 0 bridgehead atoms. The van der Waals surface area contributed by atoms with E-state index in [9.17, 15) is 0 Å². The number of nitrogens with zero attached hydrogens (tertiary/aromatic N) is 3. The third-order valence-electron chi connectivity index (χ3n) is 5.33. The predicted octanol–water partition coefficient (Wildman–Crippen LogP) is 9.77. The van der Waals surface area contributed by atoms with Crippen molar-refractivity contribution in [1.82, 2.24) is 15.0 Å². The monoisotopic (exact) mass is 814 g/mol. The van der Waals surface area contributed by atoms with Gasteiger partial charge in [0.2, 0.25) is 0 Å². The first-order valence-electron chi connectivity index (χ1n) is 12.0. The van der Waals surface area contributed by atoms with Crippen molar-refractivity contribution in [2.75, 3.05) is 0 Å². The fraction of sp³-hybridized carbons (Fsp3) is 0. The van der Waals surface area contributed by atoms with Gasteiger partial charge in [0.25, 0.3) is 0 Å². The molecule has 3 heterocycles. The number of pyridine rings is 3. The van der Waals surface area contributed by atoms with Crippen molar-refractivity contribution < 1.29 is 20.1 Å². The summed E-state index contributed by atoms with van der Waals surface area (Å²) in [5, 5.41) is 0. The average molecular weight is 816 g/mol. The van der Waals surface area contributed by atoms with Crippen LogP contribution in [0.15, 0.2) is 161 Å². The average Bonchev–Trinajstić information content (AvgIpc) is 3.00. The Kier molecular flexibility index (Phi) is 12.9. The van der Waals surface area contributed by atoms with E-state index in [1.165, 1.54) is 0 Å². The van der Waals surface area contributed by atoms with E-state index in [1.54, 1.807) is 0 Å². The molecule has 0 amide bonds. The molecule has 0 aliphatic heterocycles. The van der Waals surface area contributed by atoms with Crippen LogP contribution in [0.25, 0.3) is 33.8 Å². The van der Waals surface area contributed by atoms with Crippen molar-refractivity contribution in [3.05, 3.63) is 161 Å². The fourth-order valence-corrected chi connectivity index (χ4v) is 3.92. The molecular weight excluding hydrogens is 790 g/mol. The van der Waals surface area contributed by atoms with Gasteiger partial charge in [0.1, 0.15) is 0 Å². The second-order valence-corrected chi connectivity index (χ2v) is 9.87. The van der Waals surface area contributed by atoms with Gasteiger partial charge in [-0.3, -0.25) is 15.0 Å². The van der Waals surface area contributed by atoms with Gasteiger partial charge in [-0.05, 0) is 68.3 Å². The summed E-state index contributed by atoms with van der Waals surface area (Å²) in [5.74, 6) is 0. The maximum absolute atomic E-state index is 4.30. The number of rotatable bonds is 3. The minimum Gasteiger partial charge on any atom is -0.256 e. The van der Waals surface area contributed by atoms with Gasteiger partial charge in [0.05, 0.1) is 17.1 Å². The number of halogens is 2. The Hall–Kier alpha value is -3.28. The third kappa shape index (κ3) is 10.1. The first-order valence-corrected chi connectivity index (χ1v) is 13.6. The number of hydrogen-bond acceptors (Lipinski definition) is 3. The molecule has 6 aromatic rings. The summed E-state index contributed by atoms with van der Waals surface area (Å²) in [6, 6.07) is 44.3. The van der Waals surface area contributed by atoms with Crippen LogP contribution < -0.4 is 0 Å². The molecule has 0 unspecified atom stereocenters. The summed E-state index contributed by atoms with van der Waals surface area (Å²) in [6.07, 6.45) is 5.42. The van der Waals surface area contributed by atoms with Crippen LogP contribution >= 0.6 is 31.9 Å². The first-order chi connectivity index (χ1) is 18.7. The number of aromatic nitrogens is 3. The Morgan fingerprint density at radius 2 is 0.718 bits per heavy atom. The van der Waals surface area contributed by atoms with E-state index in [0.717, 1.165) is 42.7 Å². The van der Waals surface area contributed by atoms with Gasteiger partial charge in [-0.15, -0.1) is 0 Å². The van der Waals surface area contributed by atoms with Crippen LogP contribution in [0.5, 0.6) is 0 Å². The number of benzene rings is 3. The molecule has 3 aromatic carbocycles. The molecule has 3 nitrogen and oxygen atoms in total. The molecule has 39 heavy (non-hydrogen) atoms. The van der Waals surface area contributed by atoms with Gasteiger partial charge >= 0.3 is 0 Å². The van der Waals surface area contributed by atoms with E-state index in [2.05, 4.69) is 83.2 Å². The molecule has 6 rings (SSSR count). The zero-order chi connectivity index (χ0) is 26.4. The van der Waals surface area contributed by atoms with E-state index in [0.29, 0.717) is 0 Å². The van der Waals surface area contributed by atoms with E-state index in [4.69, 9.17) is 0 Å². The molecule has 1 radical (unpaired) electrons. The van der Waals surface area contributed by atoms with E-state index in [1.807, 2.05) is 116 Å². The fourth-order valence-electron chi connectivity index (χ4n) is 3.45.